The van der Waals surface area contributed by atoms with Crippen LogP contribution in [-0.4, -0.2) is 31.6 Å². The highest BCUT2D eigenvalue weighted by atomic mass is 15.1. The van der Waals surface area contributed by atoms with E-state index in [1.807, 2.05) is 0 Å². The molecule has 0 aliphatic heterocycles. The lowest BCUT2D eigenvalue weighted by molar-refractivity contribution is 0.325. The van der Waals surface area contributed by atoms with Crippen LogP contribution < -0.4 is 5.32 Å². The highest BCUT2D eigenvalue weighted by molar-refractivity contribution is 5.26. The first-order chi connectivity index (χ1) is 7.77. The number of nitrogens with one attached hydrogen (secondary N) is 1. The Bertz CT molecular complexity index is 297. The van der Waals surface area contributed by atoms with Crippen molar-refractivity contribution in [3.05, 3.63) is 35.4 Å². The maximum Gasteiger partial charge on any atom is 0.0233 e. The van der Waals surface area contributed by atoms with E-state index in [4.69, 9.17) is 0 Å². The molecule has 0 aliphatic rings. The van der Waals surface area contributed by atoms with Crippen molar-refractivity contribution in [3.63, 3.8) is 0 Å². The Morgan fingerprint density at radius 3 is 2.44 bits per heavy atom. The molecule has 0 amide bonds. The van der Waals surface area contributed by atoms with Gasteiger partial charge in [-0.3, -0.25) is 0 Å². The van der Waals surface area contributed by atoms with Gasteiger partial charge in [-0.2, -0.15) is 0 Å². The van der Waals surface area contributed by atoms with Crippen molar-refractivity contribution in [1.82, 2.24) is 10.2 Å². The normalized spacial score (nSPS) is 11.0. The van der Waals surface area contributed by atoms with Crippen LogP contribution in [0.2, 0.25) is 0 Å². The summed E-state index contributed by atoms with van der Waals surface area (Å²) in [5, 5.41) is 3.35. The van der Waals surface area contributed by atoms with Crippen LogP contribution in [0, 0.1) is 0 Å². The van der Waals surface area contributed by atoms with E-state index in [2.05, 4.69) is 55.4 Å². The molecule has 0 fully saturated rings. The molecule has 2 nitrogen and oxygen atoms in total. The van der Waals surface area contributed by atoms with Crippen molar-refractivity contribution in [2.45, 2.75) is 26.8 Å². The Kier molecular flexibility index (Phi) is 6.12. The molecule has 0 saturated carbocycles. The van der Waals surface area contributed by atoms with E-state index < -0.39 is 0 Å². The molecule has 0 spiro atoms. The molecule has 1 aromatic rings. The van der Waals surface area contributed by atoms with Gasteiger partial charge in [0.15, 0.2) is 0 Å². The highest BCUT2D eigenvalue weighted by Gasteiger charge is 2.03. The van der Waals surface area contributed by atoms with Gasteiger partial charge in [0.05, 0.1) is 0 Å². The Balaban J connectivity index is 2.45. The first-order valence-electron chi connectivity index (χ1n) is 6.24. The van der Waals surface area contributed by atoms with E-state index in [9.17, 15) is 0 Å². The quantitative estimate of drug-likeness (QED) is 0.709. The second-order valence-electron chi connectivity index (χ2n) is 4.21. The summed E-state index contributed by atoms with van der Waals surface area (Å²) in [6.45, 7) is 8.64. The van der Waals surface area contributed by atoms with Crippen molar-refractivity contribution in [2.24, 2.45) is 0 Å². The Hall–Kier alpha value is -0.860. The summed E-state index contributed by atoms with van der Waals surface area (Å²) in [5.74, 6) is 0. The van der Waals surface area contributed by atoms with Crippen LogP contribution in [0.15, 0.2) is 24.3 Å². The molecule has 0 bridgehead atoms. The zero-order valence-corrected chi connectivity index (χ0v) is 10.8. The van der Waals surface area contributed by atoms with Crippen molar-refractivity contribution >= 4 is 0 Å². The van der Waals surface area contributed by atoms with Gasteiger partial charge in [-0.15, -0.1) is 0 Å². The first kappa shape index (κ1) is 13.2. The summed E-state index contributed by atoms with van der Waals surface area (Å²) in [6, 6.07) is 8.73. The third-order valence-corrected chi connectivity index (χ3v) is 2.86. The highest BCUT2D eigenvalue weighted by Crippen LogP contribution is 2.11. The van der Waals surface area contributed by atoms with Gasteiger partial charge in [-0.05, 0) is 31.1 Å². The van der Waals surface area contributed by atoms with Gasteiger partial charge >= 0.3 is 0 Å². The van der Waals surface area contributed by atoms with Gasteiger partial charge in [-0.25, -0.2) is 0 Å². The van der Waals surface area contributed by atoms with E-state index in [-0.39, 0.29) is 0 Å². The van der Waals surface area contributed by atoms with E-state index >= 15 is 0 Å². The number of hydrogen-bond acceptors (Lipinski definition) is 2. The van der Waals surface area contributed by atoms with Crippen LogP contribution in [0.4, 0.5) is 0 Å². The summed E-state index contributed by atoms with van der Waals surface area (Å²) >= 11 is 0. The van der Waals surface area contributed by atoms with E-state index in [0.29, 0.717) is 0 Å². The molecule has 1 aromatic carbocycles. The molecule has 0 saturated heterocycles. The number of likely N-dealkylation sites (N-methyl/N-ethyl adjacent to an activating group) is 2. The van der Waals surface area contributed by atoms with Gasteiger partial charge in [0.1, 0.15) is 0 Å². The zero-order chi connectivity index (χ0) is 11.8. The van der Waals surface area contributed by atoms with Crippen molar-refractivity contribution < 1.29 is 0 Å². The van der Waals surface area contributed by atoms with Gasteiger partial charge < -0.3 is 10.2 Å². The second-order valence-corrected chi connectivity index (χ2v) is 4.21. The molecule has 1 N–H and O–H groups in total. The molecule has 0 heterocycles. The fourth-order valence-corrected chi connectivity index (χ4v) is 1.87. The molecule has 1 rings (SSSR count). The van der Waals surface area contributed by atoms with E-state index in [0.717, 1.165) is 32.6 Å². The van der Waals surface area contributed by atoms with E-state index in [1.54, 1.807) is 0 Å². The molecule has 0 aromatic heterocycles. The van der Waals surface area contributed by atoms with Crippen LogP contribution in [0.1, 0.15) is 25.0 Å². The predicted octanol–water partition coefficient (Wildman–Crippen LogP) is 2.29. The zero-order valence-electron chi connectivity index (χ0n) is 10.8. The van der Waals surface area contributed by atoms with Gasteiger partial charge in [0.25, 0.3) is 0 Å². The maximum atomic E-state index is 3.35. The van der Waals surface area contributed by atoms with E-state index in [1.165, 1.54) is 11.1 Å². The van der Waals surface area contributed by atoms with Crippen molar-refractivity contribution in [3.8, 4) is 0 Å². The predicted molar refractivity (Wildman–Crippen MR) is 70.7 cm³/mol. The summed E-state index contributed by atoms with van der Waals surface area (Å²) < 4.78 is 0. The number of rotatable bonds is 7. The topological polar surface area (TPSA) is 15.3 Å². The number of aryl methyl sites for hydroxylation is 1. The molecular weight excluding hydrogens is 196 g/mol. The van der Waals surface area contributed by atoms with Gasteiger partial charge in [0.2, 0.25) is 0 Å². The minimum absolute atomic E-state index is 1.05. The fourth-order valence-electron chi connectivity index (χ4n) is 1.87. The average molecular weight is 220 g/mol. The lowest BCUT2D eigenvalue weighted by Gasteiger charge is -2.18. The molecule has 0 unspecified atom stereocenters. The standard InChI is InChI=1S/C14H24N2/c1-4-13-8-6-7-9-14(13)12-16(3)11-10-15-5-2/h6-9,15H,4-5,10-12H2,1-3H3. The summed E-state index contributed by atoms with van der Waals surface area (Å²) in [6.07, 6.45) is 1.12. The SMILES string of the molecule is CCNCCN(C)Cc1ccccc1CC. The third kappa shape index (κ3) is 4.33. The molecule has 90 valence electrons. The fraction of sp³-hybridized carbons (Fsp3) is 0.571. The van der Waals surface area contributed by atoms with Gasteiger partial charge in [-0.1, -0.05) is 38.1 Å². The molecule has 0 aliphatic carbocycles. The van der Waals surface area contributed by atoms with Crippen molar-refractivity contribution in [2.75, 3.05) is 26.7 Å². The molecule has 0 radical (unpaired) electrons. The molecule has 16 heavy (non-hydrogen) atoms. The smallest absolute Gasteiger partial charge is 0.0233 e. The van der Waals surface area contributed by atoms with Crippen LogP contribution in [0.5, 0.6) is 0 Å². The number of nitrogens with zero attached hydrogens (tertiary/aromatic N) is 1. The summed E-state index contributed by atoms with van der Waals surface area (Å²) in [5.41, 5.74) is 2.93. The minimum Gasteiger partial charge on any atom is -0.316 e. The summed E-state index contributed by atoms with van der Waals surface area (Å²) in [4.78, 5) is 2.37. The number of hydrogen-bond donors (Lipinski definition) is 1. The Labute approximate surface area is 99.7 Å². The van der Waals surface area contributed by atoms with Crippen molar-refractivity contribution in [1.29, 1.82) is 0 Å². The van der Waals surface area contributed by atoms with Crippen LogP contribution in [0.25, 0.3) is 0 Å². The molecule has 2 heteroatoms. The molecular formula is C14H24N2. The van der Waals surface area contributed by atoms with Crippen LogP contribution in [0.3, 0.4) is 0 Å². The van der Waals surface area contributed by atoms with Gasteiger partial charge in [0, 0.05) is 19.6 Å². The first-order valence-corrected chi connectivity index (χ1v) is 6.24. The Morgan fingerprint density at radius 2 is 1.81 bits per heavy atom. The monoisotopic (exact) mass is 220 g/mol. The third-order valence-electron chi connectivity index (χ3n) is 2.86. The average Bonchev–Trinajstić information content (AvgIpc) is 2.30. The Morgan fingerprint density at radius 1 is 1.12 bits per heavy atom. The minimum atomic E-state index is 1.05. The molecule has 0 atom stereocenters. The van der Waals surface area contributed by atoms with Crippen LogP contribution >= 0.6 is 0 Å². The lowest BCUT2D eigenvalue weighted by atomic mass is 10.1. The summed E-state index contributed by atoms with van der Waals surface area (Å²) in [7, 11) is 2.18. The second kappa shape index (κ2) is 7.42. The largest absolute Gasteiger partial charge is 0.316 e. The lowest BCUT2D eigenvalue weighted by Crippen LogP contribution is -2.29. The number of benzene rings is 1. The maximum absolute atomic E-state index is 3.35. The van der Waals surface area contributed by atoms with Crippen LogP contribution in [-0.2, 0) is 13.0 Å².